The third kappa shape index (κ3) is 4.20. The van der Waals surface area contributed by atoms with Crippen LogP contribution in [0.25, 0.3) is 0 Å². The quantitative estimate of drug-likeness (QED) is 0.839. The second-order valence-electron chi connectivity index (χ2n) is 6.09. The molecule has 0 spiro atoms. The molecule has 1 N–H and O–H groups in total. The van der Waals surface area contributed by atoms with E-state index in [1.165, 1.54) is 17.0 Å². The Morgan fingerprint density at radius 3 is 2.74 bits per heavy atom. The van der Waals surface area contributed by atoms with Gasteiger partial charge in [0.2, 0.25) is 0 Å². The smallest absolute Gasteiger partial charge is 0.313 e. The van der Waals surface area contributed by atoms with Crippen LogP contribution >= 0.6 is 11.6 Å². The summed E-state index contributed by atoms with van der Waals surface area (Å²) in [5, 5.41) is 2.50. The Bertz CT molecular complexity index is 611. The van der Waals surface area contributed by atoms with Crippen LogP contribution in [0.3, 0.4) is 0 Å². The van der Waals surface area contributed by atoms with E-state index >= 15 is 0 Å². The normalized spacial score (nSPS) is 21.8. The number of anilines is 1. The van der Waals surface area contributed by atoms with E-state index in [0.717, 1.165) is 25.6 Å². The van der Waals surface area contributed by atoms with Gasteiger partial charge in [-0.1, -0.05) is 18.5 Å². The van der Waals surface area contributed by atoms with Crippen LogP contribution in [0.1, 0.15) is 13.3 Å². The minimum Gasteiger partial charge on any atom is -0.334 e. The number of nitrogens with zero attached hydrogens (tertiary/aromatic N) is 2. The molecule has 1 aromatic rings. The zero-order valence-corrected chi connectivity index (χ0v) is 14.2. The molecule has 1 heterocycles. The first kappa shape index (κ1) is 17.7. The average Bonchev–Trinajstić information content (AvgIpc) is 2.48. The van der Waals surface area contributed by atoms with E-state index in [-0.39, 0.29) is 22.7 Å². The summed E-state index contributed by atoms with van der Waals surface area (Å²) < 4.78 is 13.0. The number of carbonyl (C=O) groups is 2. The lowest BCUT2D eigenvalue weighted by atomic mass is 9.93. The number of rotatable bonds is 2. The Morgan fingerprint density at radius 2 is 2.13 bits per heavy atom. The molecule has 1 aliphatic heterocycles. The van der Waals surface area contributed by atoms with Crippen molar-refractivity contribution in [1.82, 2.24) is 9.80 Å². The lowest BCUT2D eigenvalue weighted by molar-refractivity contribution is -0.145. The van der Waals surface area contributed by atoms with Crippen molar-refractivity contribution in [3.05, 3.63) is 29.0 Å². The van der Waals surface area contributed by atoms with Gasteiger partial charge in [0.05, 0.1) is 10.7 Å². The molecule has 23 heavy (non-hydrogen) atoms. The molecule has 5 nitrogen and oxygen atoms in total. The van der Waals surface area contributed by atoms with E-state index in [1.54, 1.807) is 7.05 Å². The van der Waals surface area contributed by atoms with E-state index in [2.05, 4.69) is 17.1 Å². The highest BCUT2D eigenvalue weighted by atomic mass is 35.5. The molecule has 7 heteroatoms. The fourth-order valence-electron chi connectivity index (χ4n) is 2.99. The number of amides is 2. The number of benzene rings is 1. The lowest BCUT2D eigenvalue weighted by Crippen LogP contribution is -2.52. The molecule has 2 rings (SSSR count). The second kappa shape index (κ2) is 7.27. The Morgan fingerprint density at radius 1 is 1.43 bits per heavy atom. The predicted octanol–water partition coefficient (Wildman–Crippen LogP) is 2.22. The second-order valence-corrected chi connectivity index (χ2v) is 6.50. The van der Waals surface area contributed by atoms with Gasteiger partial charge in [-0.15, -0.1) is 0 Å². The van der Waals surface area contributed by atoms with Gasteiger partial charge in [-0.2, -0.15) is 0 Å². The molecule has 0 aromatic heterocycles. The van der Waals surface area contributed by atoms with E-state index in [1.807, 2.05) is 7.05 Å². The molecule has 0 radical (unpaired) electrons. The van der Waals surface area contributed by atoms with E-state index in [0.29, 0.717) is 0 Å². The highest BCUT2D eigenvalue weighted by molar-refractivity contribution is 6.41. The van der Waals surface area contributed by atoms with Crippen molar-refractivity contribution in [2.24, 2.45) is 5.92 Å². The maximum Gasteiger partial charge on any atom is 0.313 e. The maximum atomic E-state index is 13.0. The third-order valence-electron chi connectivity index (χ3n) is 4.25. The zero-order chi connectivity index (χ0) is 17.1. The Kier molecular flexibility index (Phi) is 5.59. The van der Waals surface area contributed by atoms with Crippen LogP contribution in [-0.2, 0) is 9.59 Å². The van der Waals surface area contributed by atoms with Gasteiger partial charge in [0, 0.05) is 19.6 Å². The van der Waals surface area contributed by atoms with Gasteiger partial charge in [0.1, 0.15) is 5.82 Å². The van der Waals surface area contributed by atoms with Crippen LogP contribution in [0.4, 0.5) is 10.1 Å². The number of hydrogen-bond donors (Lipinski definition) is 1. The first-order valence-corrected chi connectivity index (χ1v) is 7.89. The van der Waals surface area contributed by atoms with Gasteiger partial charge in [-0.25, -0.2) is 4.39 Å². The molecular weight excluding hydrogens is 321 g/mol. The average molecular weight is 342 g/mol. The third-order valence-corrected chi connectivity index (χ3v) is 4.57. The fourth-order valence-corrected chi connectivity index (χ4v) is 3.21. The van der Waals surface area contributed by atoms with Gasteiger partial charge in [0.15, 0.2) is 0 Å². The molecule has 1 aliphatic rings. The maximum absolute atomic E-state index is 13.0. The molecule has 1 saturated heterocycles. The monoisotopic (exact) mass is 341 g/mol. The van der Waals surface area contributed by atoms with Gasteiger partial charge in [-0.3, -0.25) is 9.59 Å². The van der Waals surface area contributed by atoms with Crippen LogP contribution in [0.15, 0.2) is 18.2 Å². The lowest BCUT2D eigenvalue weighted by Gasteiger charge is -2.39. The zero-order valence-electron chi connectivity index (χ0n) is 13.5. The molecule has 126 valence electrons. The minimum atomic E-state index is -0.771. The van der Waals surface area contributed by atoms with Gasteiger partial charge in [-0.05, 0) is 44.1 Å². The van der Waals surface area contributed by atoms with Crippen molar-refractivity contribution < 1.29 is 14.0 Å². The van der Waals surface area contributed by atoms with Gasteiger partial charge >= 0.3 is 11.8 Å². The summed E-state index contributed by atoms with van der Waals surface area (Å²) >= 11 is 5.86. The number of likely N-dealkylation sites (tertiary alicyclic amines) is 1. The summed E-state index contributed by atoms with van der Waals surface area (Å²) in [5.74, 6) is -1.61. The molecule has 0 aliphatic carbocycles. The number of carbonyl (C=O) groups excluding carboxylic acids is 2. The molecular formula is C16H21ClFN3O2. The van der Waals surface area contributed by atoms with Crippen molar-refractivity contribution in [2.45, 2.75) is 19.4 Å². The van der Waals surface area contributed by atoms with Crippen LogP contribution in [0.5, 0.6) is 0 Å². The Balaban J connectivity index is 2.02. The molecule has 0 bridgehead atoms. The number of nitrogens with one attached hydrogen (secondary N) is 1. The SMILES string of the molecule is C[C@H]1CN(C)CC[C@H]1N(C)C(=O)C(=O)Nc1ccc(F)cc1Cl. The van der Waals surface area contributed by atoms with Crippen molar-refractivity contribution in [2.75, 3.05) is 32.5 Å². The summed E-state index contributed by atoms with van der Waals surface area (Å²) in [6.45, 7) is 3.84. The number of likely N-dealkylation sites (N-methyl/N-ethyl adjacent to an activating group) is 1. The highest BCUT2D eigenvalue weighted by Gasteiger charge is 2.32. The van der Waals surface area contributed by atoms with Crippen molar-refractivity contribution in [3.63, 3.8) is 0 Å². The first-order valence-electron chi connectivity index (χ1n) is 7.51. The first-order chi connectivity index (χ1) is 10.8. The fraction of sp³-hybridized carbons (Fsp3) is 0.500. The highest BCUT2D eigenvalue weighted by Crippen LogP contribution is 2.23. The van der Waals surface area contributed by atoms with Crippen molar-refractivity contribution in [1.29, 1.82) is 0 Å². The van der Waals surface area contributed by atoms with E-state index in [9.17, 15) is 14.0 Å². The molecule has 2 amide bonds. The Hall–Kier alpha value is -1.66. The van der Waals surface area contributed by atoms with Crippen LogP contribution in [0, 0.1) is 11.7 Å². The van der Waals surface area contributed by atoms with Crippen LogP contribution in [0.2, 0.25) is 5.02 Å². The molecule has 0 saturated carbocycles. The van der Waals surface area contributed by atoms with Crippen molar-refractivity contribution in [3.8, 4) is 0 Å². The minimum absolute atomic E-state index is 0.0214. The van der Waals surface area contributed by atoms with Gasteiger partial charge < -0.3 is 15.1 Å². The summed E-state index contributed by atoms with van der Waals surface area (Å²) in [5.41, 5.74) is 0.219. The van der Waals surface area contributed by atoms with E-state index in [4.69, 9.17) is 11.6 Å². The summed E-state index contributed by atoms with van der Waals surface area (Å²) in [4.78, 5) is 28.2. The largest absolute Gasteiger partial charge is 0.334 e. The molecule has 1 aromatic carbocycles. The van der Waals surface area contributed by atoms with Crippen LogP contribution in [-0.4, -0.2) is 54.8 Å². The van der Waals surface area contributed by atoms with Crippen LogP contribution < -0.4 is 5.32 Å². The number of hydrogen-bond acceptors (Lipinski definition) is 3. The van der Waals surface area contributed by atoms with E-state index < -0.39 is 17.6 Å². The number of halogens is 2. The Labute approximate surface area is 140 Å². The predicted molar refractivity (Wildman–Crippen MR) is 87.9 cm³/mol. The standard InChI is InChI=1S/C16H21ClFN3O2/c1-10-9-20(2)7-6-14(10)21(3)16(23)15(22)19-13-5-4-11(18)8-12(13)17/h4-5,8,10,14H,6-7,9H2,1-3H3,(H,19,22)/t10-,14+/m0/s1. The summed E-state index contributed by atoms with van der Waals surface area (Å²) in [6, 6.07) is 3.62. The molecule has 2 atom stereocenters. The van der Waals surface area contributed by atoms with Gasteiger partial charge in [0.25, 0.3) is 0 Å². The molecule has 1 fully saturated rings. The summed E-state index contributed by atoms with van der Waals surface area (Å²) in [6.07, 6.45) is 0.824. The topological polar surface area (TPSA) is 52.7 Å². The number of piperidine rings is 1. The molecule has 0 unspecified atom stereocenters. The van der Waals surface area contributed by atoms with Crippen molar-refractivity contribution >= 4 is 29.1 Å². The summed E-state index contributed by atoms with van der Waals surface area (Å²) in [7, 11) is 3.68.